The third-order valence-electron chi connectivity index (χ3n) is 4.84. The van der Waals surface area contributed by atoms with Crippen LogP contribution in [0.1, 0.15) is 53.8 Å². The molecule has 1 aliphatic rings. The van der Waals surface area contributed by atoms with Gasteiger partial charge in [-0.3, -0.25) is 9.48 Å². The van der Waals surface area contributed by atoms with Crippen LogP contribution in [-0.4, -0.2) is 22.3 Å². The second-order valence-corrected chi connectivity index (χ2v) is 6.91. The summed E-state index contributed by atoms with van der Waals surface area (Å²) in [5, 5.41) is 7.14. The van der Waals surface area contributed by atoms with Crippen molar-refractivity contribution in [3.8, 4) is 5.75 Å². The Morgan fingerprint density at radius 3 is 2.88 bits per heavy atom. The highest BCUT2D eigenvalue weighted by Gasteiger charge is 2.16. The van der Waals surface area contributed by atoms with Gasteiger partial charge in [-0.15, -0.1) is 0 Å². The zero-order valence-corrected chi connectivity index (χ0v) is 15.1. The van der Waals surface area contributed by atoms with E-state index in [4.69, 9.17) is 4.74 Å². The third-order valence-corrected chi connectivity index (χ3v) is 4.84. The maximum Gasteiger partial charge on any atom is 0.269 e. The van der Waals surface area contributed by atoms with E-state index in [1.807, 2.05) is 31.2 Å². The molecule has 5 nitrogen and oxygen atoms in total. The number of rotatable bonds is 8. The number of nitrogens with one attached hydrogen (secondary N) is 1. The smallest absolute Gasteiger partial charge is 0.269 e. The van der Waals surface area contributed by atoms with Crippen LogP contribution in [0.4, 0.5) is 0 Å². The van der Waals surface area contributed by atoms with Gasteiger partial charge in [0.2, 0.25) is 0 Å². The minimum absolute atomic E-state index is 0.116. The van der Waals surface area contributed by atoms with Gasteiger partial charge >= 0.3 is 0 Å². The zero-order valence-electron chi connectivity index (χ0n) is 15.1. The number of benzene rings is 1. The average Bonchev–Trinajstić information content (AvgIpc) is 2.90. The van der Waals surface area contributed by atoms with Gasteiger partial charge in [0.1, 0.15) is 11.4 Å². The van der Waals surface area contributed by atoms with Gasteiger partial charge in [-0.2, -0.15) is 5.10 Å². The highest BCUT2D eigenvalue weighted by Crippen LogP contribution is 2.30. The van der Waals surface area contributed by atoms with Crippen molar-refractivity contribution in [3.05, 3.63) is 47.3 Å². The second-order valence-electron chi connectivity index (χ2n) is 6.91. The molecule has 3 rings (SSSR count). The molecule has 1 aromatic heterocycles. The molecular weight excluding hydrogens is 314 g/mol. The lowest BCUT2D eigenvalue weighted by Gasteiger charge is -2.24. The van der Waals surface area contributed by atoms with Crippen LogP contribution in [0.2, 0.25) is 0 Å². The minimum atomic E-state index is -0.116. The van der Waals surface area contributed by atoms with Crippen LogP contribution in [-0.2, 0) is 13.6 Å². The Morgan fingerprint density at radius 1 is 1.36 bits per heavy atom. The molecule has 1 heterocycles. The summed E-state index contributed by atoms with van der Waals surface area (Å²) in [7, 11) is 1.78. The summed E-state index contributed by atoms with van der Waals surface area (Å²) in [5.74, 6) is 1.69. The van der Waals surface area contributed by atoms with Crippen LogP contribution >= 0.6 is 0 Å². The topological polar surface area (TPSA) is 56.1 Å². The van der Waals surface area contributed by atoms with Crippen LogP contribution in [0, 0.1) is 12.8 Å². The van der Waals surface area contributed by atoms with Crippen LogP contribution in [0.25, 0.3) is 0 Å². The fourth-order valence-corrected chi connectivity index (χ4v) is 3.18. The van der Waals surface area contributed by atoms with Crippen molar-refractivity contribution < 1.29 is 9.53 Å². The highest BCUT2D eigenvalue weighted by atomic mass is 16.5. The van der Waals surface area contributed by atoms with E-state index < -0.39 is 0 Å². The molecule has 0 radical (unpaired) electrons. The van der Waals surface area contributed by atoms with Gasteiger partial charge in [-0.1, -0.05) is 31.4 Å². The number of carbonyl (C=O) groups is 1. The maximum absolute atomic E-state index is 12.2. The Hall–Kier alpha value is -2.30. The predicted molar refractivity (Wildman–Crippen MR) is 97.6 cm³/mol. The average molecular weight is 341 g/mol. The molecule has 0 bridgehead atoms. The lowest BCUT2D eigenvalue weighted by molar-refractivity contribution is 0.0941. The van der Waals surface area contributed by atoms with Gasteiger partial charge in [-0.25, -0.2) is 0 Å². The molecule has 1 aromatic carbocycles. The first-order valence-electron chi connectivity index (χ1n) is 9.12. The van der Waals surface area contributed by atoms with E-state index >= 15 is 0 Å². The second kappa shape index (κ2) is 8.19. The molecule has 0 saturated heterocycles. The zero-order chi connectivity index (χ0) is 17.6. The number of hydrogen-bond acceptors (Lipinski definition) is 3. The SMILES string of the molecule is Cc1cc(C(=O)NCc2cccc(OCCCC3CCC3)c2)n(C)n1. The molecule has 0 unspecified atom stereocenters. The summed E-state index contributed by atoms with van der Waals surface area (Å²) in [5.41, 5.74) is 2.44. The first-order valence-corrected chi connectivity index (χ1v) is 9.12. The van der Waals surface area contributed by atoms with Crippen molar-refractivity contribution in [1.29, 1.82) is 0 Å². The molecular formula is C20H27N3O2. The summed E-state index contributed by atoms with van der Waals surface area (Å²) < 4.78 is 7.46. The number of aromatic nitrogens is 2. The predicted octanol–water partition coefficient (Wildman–Crippen LogP) is 3.62. The fourth-order valence-electron chi connectivity index (χ4n) is 3.18. The van der Waals surface area contributed by atoms with E-state index in [0.29, 0.717) is 12.2 Å². The molecule has 1 N–H and O–H groups in total. The summed E-state index contributed by atoms with van der Waals surface area (Å²) in [6.07, 6.45) is 6.58. The molecule has 2 aromatic rings. The summed E-state index contributed by atoms with van der Waals surface area (Å²) >= 11 is 0. The summed E-state index contributed by atoms with van der Waals surface area (Å²) in [6.45, 7) is 3.12. The molecule has 0 atom stereocenters. The molecule has 1 fully saturated rings. The van der Waals surface area contributed by atoms with Crippen LogP contribution in [0.15, 0.2) is 30.3 Å². The molecule has 0 aliphatic heterocycles. The lowest BCUT2D eigenvalue weighted by Crippen LogP contribution is -2.25. The van der Waals surface area contributed by atoms with Crippen molar-refractivity contribution in [1.82, 2.24) is 15.1 Å². The molecule has 5 heteroatoms. The molecule has 134 valence electrons. The van der Waals surface area contributed by atoms with E-state index in [0.717, 1.165) is 36.0 Å². The standard InChI is InChI=1S/C20H27N3O2/c1-15-12-19(23(2)22-15)20(24)21-14-17-8-4-10-18(13-17)25-11-5-9-16-6-3-7-16/h4,8,10,12-13,16H,3,5-7,9,11,14H2,1-2H3,(H,21,24). The highest BCUT2D eigenvalue weighted by molar-refractivity contribution is 5.92. The number of carbonyl (C=O) groups excluding carboxylic acids is 1. The number of ether oxygens (including phenoxy) is 1. The maximum atomic E-state index is 12.2. The van der Waals surface area contributed by atoms with E-state index in [1.165, 1.54) is 25.7 Å². The van der Waals surface area contributed by atoms with Gasteiger partial charge in [0.25, 0.3) is 5.91 Å². The first-order chi connectivity index (χ1) is 12.1. The van der Waals surface area contributed by atoms with Crippen molar-refractivity contribution in [2.24, 2.45) is 13.0 Å². The molecule has 1 amide bonds. The van der Waals surface area contributed by atoms with Crippen LogP contribution in [0.5, 0.6) is 5.75 Å². The Kier molecular flexibility index (Phi) is 5.74. The quantitative estimate of drug-likeness (QED) is 0.746. The Bertz CT molecular complexity index is 719. The van der Waals surface area contributed by atoms with Gasteiger partial charge in [-0.05, 0) is 49.4 Å². The van der Waals surface area contributed by atoms with Gasteiger partial charge < -0.3 is 10.1 Å². The summed E-state index contributed by atoms with van der Waals surface area (Å²) in [4.78, 5) is 12.2. The van der Waals surface area contributed by atoms with Crippen molar-refractivity contribution in [2.45, 2.75) is 45.6 Å². The van der Waals surface area contributed by atoms with Crippen molar-refractivity contribution in [2.75, 3.05) is 6.61 Å². The normalized spacial score (nSPS) is 14.2. The van der Waals surface area contributed by atoms with Gasteiger partial charge in [0, 0.05) is 13.6 Å². The molecule has 25 heavy (non-hydrogen) atoms. The Morgan fingerprint density at radius 2 is 2.20 bits per heavy atom. The number of nitrogens with zero attached hydrogens (tertiary/aromatic N) is 2. The van der Waals surface area contributed by atoms with Crippen molar-refractivity contribution in [3.63, 3.8) is 0 Å². The van der Waals surface area contributed by atoms with E-state index in [1.54, 1.807) is 17.8 Å². The molecule has 1 saturated carbocycles. The molecule has 1 aliphatic carbocycles. The monoisotopic (exact) mass is 341 g/mol. The number of aryl methyl sites for hydroxylation is 2. The van der Waals surface area contributed by atoms with Crippen LogP contribution in [0.3, 0.4) is 0 Å². The van der Waals surface area contributed by atoms with Crippen LogP contribution < -0.4 is 10.1 Å². The third kappa shape index (κ3) is 4.84. The summed E-state index contributed by atoms with van der Waals surface area (Å²) in [6, 6.07) is 9.72. The first kappa shape index (κ1) is 17.5. The van der Waals surface area contributed by atoms with E-state index in [2.05, 4.69) is 10.4 Å². The van der Waals surface area contributed by atoms with E-state index in [-0.39, 0.29) is 5.91 Å². The largest absolute Gasteiger partial charge is 0.494 e. The Balaban J connectivity index is 1.46. The number of hydrogen-bond donors (Lipinski definition) is 1. The molecule has 0 spiro atoms. The fraction of sp³-hybridized carbons (Fsp3) is 0.500. The minimum Gasteiger partial charge on any atom is -0.494 e. The lowest BCUT2D eigenvalue weighted by atomic mass is 9.82. The van der Waals surface area contributed by atoms with Gasteiger partial charge in [0.15, 0.2) is 0 Å². The van der Waals surface area contributed by atoms with E-state index in [9.17, 15) is 4.79 Å². The van der Waals surface area contributed by atoms with Crippen molar-refractivity contribution >= 4 is 5.91 Å². The van der Waals surface area contributed by atoms with Gasteiger partial charge in [0.05, 0.1) is 12.3 Å². The number of amides is 1. The Labute approximate surface area is 149 Å².